The number of nitrogens with one attached hydrogen (secondary N) is 1. The second-order valence-electron chi connectivity index (χ2n) is 5.42. The minimum Gasteiger partial charge on any atom is -0.356 e. The molecule has 1 rings (SSSR count). The van der Waals surface area contributed by atoms with Crippen molar-refractivity contribution in [3.63, 3.8) is 0 Å². The van der Waals surface area contributed by atoms with E-state index in [1.165, 1.54) is 32.1 Å². The molecule has 0 bridgehead atoms. The van der Waals surface area contributed by atoms with Gasteiger partial charge in [-0.05, 0) is 31.7 Å². The highest BCUT2D eigenvalue weighted by molar-refractivity contribution is 5.78. The highest BCUT2D eigenvalue weighted by atomic mass is 16.1. The number of hydrogen-bond acceptors (Lipinski definition) is 2. The van der Waals surface area contributed by atoms with Crippen LogP contribution in [0.4, 0.5) is 0 Å². The molecule has 1 aliphatic rings. The van der Waals surface area contributed by atoms with Crippen LogP contribution in [0.25, 0.3) is 0 Å². The maximum absolute atomic E-state index is 11.7. The van der Waals surface area contributed by atoms with Gasteiger partial charge in [0.1, 0.15) is 0 Å². The SMILES string of the molecule is CC(CCCN)C(=O)NCCC1CCCCC1. The van der Waals surface area contributed by atoms with Crippen molar-refractivity contribution >= 4 is 5.91 Å². The lowest BCUT2D eigenvalue weighted by molar-refractivity contribution is -0.124. The van der Waals surface area contributed by atoms with E-state index in [1.807, 2.05) is 6.92 Å². The van der Waals surface area contributed by atoms with Crippen LogP contribution in [0.5, 0.6) is 0 Å². The lowest BCUT2D eigenvalue weighted by atomic mass is 9.87. The van der Waals surface area contributed by atoms with E-state index in [-0.39, 0.29) is 11.8 Å². The van der Waals surface area contributed by atoms with Crippen molar-refractivity contribution in [2.75, 3.05) is 13.1 Å². The summed E-state index contributed by atoms with van der Waals surface area (Å²) in [4.78, 5) is 11.7. The first-order valence-electron chi connectivity index (χ1n) is 7.21. The highest BCUT2D eigenvalue weighted by Crippen LogP contribution is 2.25. The Hall–Kier alpha value is -0.570. The average molecular weight is 240 g/mol. The largest absolute Gasteiger partial charge is 0.356 e. The molecule has 1 fully saturated rings. The summed E-state index contributed by atoms with van der Waals surface area (Å²) < 4.78 is 0. The van der Waals surface area contributed by atoms with E-state index in [2.05, 4.69) is 5.32 Å². The number of amides is 1. The Labute approximate surface area is 106 Å². The van der Waals surface area contributed by atoms with Gasteiger partial charge in [-0.25, -0.2) is 0 Å². The number of nitrogens with two attached hydrogens (primary N) is 1. The van der Waals surface area contributed by atoms with Gasteiger partial charge in [0.25, 0.3) is 0 Å². The Morgan fingerprint density at radius 1 is 1.35 bits per heavy atom. The van der Waals surface area contributed by atoms with Gasteiger partial charge in [0.15, 0.2) is 0 Å². The van der Waals surface area contributed by atoms with E-state index in [4.69, 9.17) is 5.73 Å². The predicted molar refractivity (Wildman–Crippen MR) is 71.7 cm³/mol. The summed E-state index contributed by atoms with van der Waals surface area (Å²) in [5.41, 5.74) is 5.44. The molecule has 0 radical (unpaired) electrons. The second kappa shape index (κ2) is 8.51. The van der Waals surface area contributed by atoms with Crippen LogP contribution < -0.4 is 11.1 Å². The van der Waals surface area contributed by atoms with Gasteiger partial charge in [-0.15, -0.1) is 0 Å². The van der Waals surface area contributed by atoms with Gasteiger partial charge in [-0.1, -0.05) is 39.0 Å². The molecule has 0 saturated heterocycles. The Bertz CT molecular complexity index is 212. The molecule has 0 spiro atoms. The fraction of sp³-hybridized carbons (Fsp3) is 0.929. The molecule has 1 amide bonds. The maximum atomic E-state index is 11.7. The number of rotatable bonds is 7. The van der Waals surface area contributed by atoms with Crippen molar-refractivity contribution in [2.45, 2.75) is 58.3 Å². The van der Waals surface area contributed by atoms with Crippen molar-refractivity contribution in [3.8, 4) is 0 Å². The average Bonchev–Trinajstić information content (AvgIpc) is 2.37. The van der Waals surface area contributed by atoms with Gasteiger partial charge in [0.2, 0.25) is 5.91 Å². The van der Waals surface area contributed by atoms with Gasteiger partial charge >= 0.3 is 0 Å². The Morgan fingerprint density at radius 3 is 2.71 bits per heavy atom. The first-order valence-corrected chi connectivity index (χ1v) is 7.21. The fourth-order valence-electron chi connectivity index (χ4n) is 2.60. The molecule has 0 aromatic heterocycles. The van der Waals surface area contributed by atoms with Crippen molar-refractivity contribution in [2.24, 2.45) is 17.6 Å². The third kappa shape index (κ3) is 6.06. The van der Waals surface area contributed by atoms with Crippen LogP contribution >= 0.6 is 0 Å². The molecule has 0 aliphatic heterocycles. The fourth-order valence-corrected chi connectivity index (χ4v) is 2.60. The minimum absolute atomic E-state index is 0.116. The third-order valence-corrected chi connectivity index (χ3v) is 3.87. The molecule has 3 nitrogen and oxygen atoms in total. The third-order valence-electron chi connectivity index (χ3n) is 3.87. The Morgan fingerprint density at radius 2 is 2.06 bits per heavy atom. The van der Waals surface area contributed by atoms with E-state index >= 15 is 0 Å². The molecule has 3 N–H and O–H groups in total. The molecule has 1 atom stereocenters. The van der Waals surface area contributed by atoms with Crippen LogP contribution in [0.15, 0.2) is 0 Å². The Balaban J connectivity index is 2.06. The van der Waals surface area contributed by atoms with Crippen molar-refractivity contribution in [3.05, 3.63) is 0 Å². The quantitative estimate of drug-likeness (QED) is 0.718. The van der Waals surface area contributed by atoms with Gasteiger partial charge < -0.3 is 11.1 Å². The van der Waals surface area contributed by atoms with Crippen molar-refractivity contribution < 1.29 is 4.79 Å². The van der Waals surface area contributed by atoms with Gasteiger partial charge in [-0.3, -0.25) is 4.79 Å². The van der Waals surface area contributed by atoms with E-state index in [0.29, 0.717) is 6.54 Å². The molecule has 1 unspecified atom stereocenters. The molecular formula is C14H28N2O. The zero-order valence-corrected chi connectivity index (χ0v) is 11.2. The van der Waals surface area contributed by atoms with Gasteiger partial charge in [0.05, 0.1) is 0 Å². The lowest BCUT2D eigenvalue weighted by Gasteiger charge is -2.21. The van der Waals surface area contributed by atoms with Gasteiger partial charge in [-0.2, -0.15) is 0 Å². The molecule has 1 saturated carbocycles. The van der Waals surface area contributed by atoms with E-state index in [0.717, 1.165) is 31.7 Å². The summed E-state index contributed by atoms with van der Waals surface area (Å²) in [6.45, 7) is 3.53. The van der Waals surface area contributed by atoms with Crippen LogP contribution in [0.2, 0.25) is 0 Å². The topological polar surface area (TPSA) is 55.1 Å². The number of hydrogen-bond donors (Lipinski definition) is 2. The van der Waals surface area contributed by atoms with E-state index in [9.17, 15) is 4.79 Å². The summed E-state index contributed by atoms with van der Waals surface area (Å²) in [6, 6.07) is 0. The summed E-state index contributed by atoms with van der Waals surface area (Å²) >= 11 is 0. The summed E-state index contributed by atoms with van der Waals surface area (Å²) in [5, 5.41) is 3.06. The van der Waals surface area contributed by atoms with E-state index < -0.39 is 0 Å². The molecular weight excluding hydrogens is 212 g/mol. The standard InChI is InChI=1S/C14H28N2O/c1-12(6-5-10-15)14(17)16-11-9-13-7-3-2-4-8-13/h12-13H,2-11,15H2,1H3,(H,16,17). The molecule has 0 heterocycles. The van der Waals surface area contributed by atoms with Crippen LogP contribution in [0, 0.1) is 11.8 Å². The van der Waals surface area contributed by atoms with Crippen LogP contribution in [-0.2, 0) is 4.79 Å². The highest BCUT2D eigenvalue weighted by Gasteiger charge is 2.15. The lowest BCUT2D eigenvalue weighted by Crippen LogP contribution is -2.31. The molecule has 100 valence electrons. The number of carbonyl (C=O) groups excluding carboxylic acids is 1. The molecule has 1 aliphatic carbocycles. The van der Waals surface area contributed by atoms with Crippen LogP contribution in [-0.4, -0.2) is 19.0 Å². The van der Waals surface area contributed by atoms with Crippen LogP contribution in [0.3, 0.4) is 0 Å². The number of carbonyl (C=O) groups is 1. The summed E-state index contributed by atoms with van der Waals surface area (Å²) in [7, 11) is 0. The van der Waals surface area contributed by atoms with Gasteiger partial charge in [0, 0.05) is 12.5 Å². The zero-order chi connectivity index (χ0) is 12.5. The zero-order valence-electron chi connectivity index (χ0n) is 11.2. The van der Waals surface area contributed by atoms with Crippen LogP contribution in [0.1, 0.15) is 58.3 Å². The Kier molecular flexibility index (Phi) is 7.25. The first kappa shape index (κ1) is 14.5. The van der Waals surface area contributed by atoms with Crippen molar-refractivity contribution in [1.29, 1.82) is 0 Å². The molecule has 3 heteroatoms. The predicted octanol–water partition coefficient (Wildman–Crippen LogP) is 2.45. The maximum Gasteiger partial charge on any atom is 0.222 e. The van der Waals surface area contributed by atoms with Crippen molar-refractivity contribution in [1.82, 2.24) is 5.32 Å². The normalized spacial score (nSPS) is 18.9. The summed E-state index contributed by atoms with van der Waals surface area (Å²) in [5.74, 6) is 1.17. The molecule has 0 aromatic carbocycles. The summed E-state index contributed by atoms with van der Waals surface area (Å²) in [6.07, 6.45) is 9.89. The molecule has 0 aromatic rings. The second-order valence-corrected chi connectivity index (χ2v) is 5.42. The monoisotopic (exact) mass is 240 g/mol. The molecule has 17 heavy (non-hydrogen) atoms. The first-order chi connectivity index (χ1) is 8.24. The van der Waals surface area contributed by atoms with E-state index in [1.54, 1.807) is 0 Å². The minimum atomic E-state index is 0.116. The smallest absolute Gasteiger partial charge is 0.222 e.